The molecule has 1 aromatic heterocycles. The molecule has 1 aromatic carbocycles. The van der Waals surface area contributed by atoms with E-state index in [1.54, 1.807) is 0 Å². The lowest BCUT2D eigenvalue weighted by molar-refractivity contribution is 0.573. The maximum absolute atomic E-state index is 9.57. The molecule has 0 atom stereocenters. The standard InChI is InChI=1S/C19H21N3/c1-22(2)18-10-7-16(13-21-18)15-5-8-17(9-6-15)19(14-20)11-3-4-12-19/h5-10,13H,3-4,11-12H2,1-2H3. The van der Waals surface area contributed by atoms with Crippen molar-refractivity contribution in [2.45, 2.75) is 31.1 Å². The predicted molar refractivity (Wildman–Crippen MR) is 89.8 cm³/mol. The van der Waals surface area contributed by atoms with Gasteiger partial charge in [0.25, 0.3) is 0 Å². The monoisotopic (exact) mass is 291 g/mol. The van der Waals surface area contributed by atoms with E-state index in [2.05, 4.69) is 41.4 Å². The summed E-state index contributed by atoms with van der Waals surface area (Å²) < 4.78 is 0. The summed E-state index contributed by atoms with van der Waals surface area (Å²) in [6.45, 7) is 0. The van der Waals surface area contributed by atoms with Gasteiger partial charge in [0, 0.05) is 25.9 Å². The fraction of sp³-hybridized carbons (Fsp3) is 0.368. The molecular weight excluding hydrogens is 270 g/mol. The van der Waals surface area contributed by atoms with Crippen LogP contribution in [0.25, 0.3) is 11.1 Å². The molecule has 3 heteroatoms. The smallest absolute Gasteiger partial charge is 0.127 e. The Hall–Kier alpha value is -2.34. The molecule has 112 valence electrons. The third kappa shape index (κ3) is 2.57. The van der Waals surface area contributed by atoms with Crippen molar-refractivity contribution in [1.82, 2.24) is 4.98 Å². The van der Waals surface area contributed by atoms with Gasteiger partial charge in [0.1, 0.15) is 5.82 Å². The van der Waals surface area contributed by atoms with Crippen LogP contribution in [-0.2, 0) is 5.41 Å². The van der Waals surface area contributed by atoms with Crippen LogP contribution in [0.15, 0.2) is 42.6 Å². The topological polar surface area (TPSA) is 39.9 Å². The molecule has 0 N–H and O–H groups in total. The minimum absolute atomic E-state index is 0.258. The van der Waals surface area contributed by atoms with Gasteiger partial charge in [-0.25, -0.2) is 4.98 Å². The Labute approximate surface area is 132 Å². The molecule has 2 aromatic rings. The van der Waals surface area contributed by atoms with Gasteiger partial charge in [-0.05, 0) is 36.1 Å². The van der Waals surface area contributed by atoms with Crippen LogP contribution in [0.1, 0.15) is 31.2 Å². The average molecular weight is 291 g/mol. The lowest BCUT2D eigenvalue weighted by atomic mass is 9.80. The molecule has 0 saturated heterocycles. The molecule has 1 fully saturated rings. The fourth-order valence-corrected chi connectivity index (χ4v) is 3.25. The van der Waals surface area contributed by atoms with Crippen molar-refractivity contribution >= 4 is 5.82 Å². The van der Waals surface area contributed by atoms with Crippen molar-refractivity contribution in [1.29, 1.82) is 5.26 Å². The Morgan fingerprint density at radius 3 is 2.14 bits per heavy atom. The number of nitrogens with zero attached hydrogens (tertiary/aromatic N) is 3. The van der Waals surface area contributed by atoms with Crippen LogP contribution in [0.2, 0.25) is 0 Å². The molecule has 1 saturated carbocycles. The largest absolute Gasteiger partial charge is 0.363 e. The first-order valence-corrected chi connectivity index (χ1v) is 7.80. The zero-order valence-electron chi connectivity index (χ0n) is 13.2. The lowest BCUT2D eigenvalue weighted by Crippen LogP contribution is -2.18. The van der Waals surface area contributed by atoms with Crippen molar-refractivity contribution in [3.63, 3.8) is 0 Å². The number of nitriles is 1. The van der Waals surface area contributed by atoms with E-state index in [0.717, 1.165) is 48.2 Å². The zero-order chi connectivity index (χ0) is 15.6. The van der Waals surface area contributed by atoms with Crippen molar-refractivity contribution in [2.75, 3.05) is 19.0 Å². The van der Waals surface area contributed by atoms with Gasteiger partial charge in [0.2, 0.25) is 0 Å². The SMILES string of the molecule is CN(C)c1ccc(-c2ccc(C3(C#N)CCCC3)cc2)cn1. The van der Waals surface area contributed by atoms with Gasteiger partial charge in [-0.2, -0.15) is 5.26 Å². The Morgan fingerprint density at radius 2 is 1.64 bits per heavy atom. The summed E-state index contributed by atoms with van der Waals surface area (Å²) in [6, 6.07) is 15.1. The minimum atomic E-state index is -0.258. The summed E-state index contributed by atoms with van der Waals surface area (Å²) in [5.41, 5.74) is 3.15. The van der Waals surface area contributed by atoms with Gasteiger partial charge in [0.05, 0.1) is 11.5 Å². The summed E-state index contributed by atoms with van der Waals surface area (Å²) in [5.74, 6) is 0.953. The molecule has 0 bridgehead atoms. The summed E-state index contributed by atoms with van der Waals surface area (Å²) in [5, 5.41) is 9.57. The number of benzene rings is 1. The molecule has 0 aliphatic heterocycles. The normalized spacial score (nSPS) is 16.2. The van der Waals surface area contributed by atoms with E-state index < -0.39 is 0 Å². The number of pyridine rings is 1. The Morgan fingerprint density at radius 1 is 1.00 bits per heavy atom. The highest BCUT2D eigenvalue weighted by Gasteiger charge is 2.35. The summed E-state index contributed by atoms with van der Waals surface area (Å²) in [6.07, 6.45) is 6.19. The molecule has 0 amide bonds. The molecule has 0 spiro atoms. The fourth-order valence-electron chi connectivity index (χ4n) is 3.25. The third-order valence-electron chi connectivity index (χ3n) is 4.65. The second-order valence-electron chi connectivity index (χ2n) is 6.28. The van der Waals surface area contributed by atoms with E-state index in [4.69, 9.17) is 0 Å². The molecule has 1 aliphatic rings. The van der Waals surface area contributed by atoms with Gasteiger partial charge in [-0.1, -0.05) is 37.1 Å². The van der Waals surface area contributed by atoms with Gasteiger partial charge < -0.3 is 4.90 Å². The quantitative estimate of drug-likeness (QED) is 0.853. The number of aromatic nitrogens is 1. The first kappa shape index (κ1) is 14.6. The molecular formula is C19H21N3. The van der Waals surface area contributed by atoms with E-state index in [-0.39, 0.29) is 5.41 Å². The number of rotatable bonds is 3. The van der Waals surface area contributed by atoms with Crippen molar-refractivity contribution in [3.05, 3.63) is 48.2 Å². The molecule has 22 heavy (non-hydrogen) atoms. The zero-order valence-corrected chi connectivity index (χ0v) is 13.2. The molecule has 1 aliphatic carbocycles. The van der Waals surface area contributed by atoms with E-state index in [1.165, 1.54) is 0 Å². The second-order valence-corrected chi connectivity index (χ2v) is 6.28. The van der Waals surface area contributed by atoms with Crippen LogP contribution in [0.3, 0.4) is 0 Å². The van der Waals surface area contributed by atoms with E-state index >= 15 is 0 Å². The first-order valence-electron chi connectivity index (χ1n) is 7.80. The van der Waals surface area contributed by atoms with Crippen LogP contribution >= 0.6 is 0 Å². The minimum Gasteiger partial charge on any atom is -0.363 e. The van der Waals surface area contributed by atoms with E-state index in [9.17, 15) is 5.26 Å². The van der Waals surface area contributed by atoms with Crippen molar-refractivity contribution in [2.24, 2.45) is 0 Å². The van der Waals surface area contributed by atoms with Crippen LogP contribution in [-0.4, -0.2) is 19.1 Å². The van der Waals surface area contributed by atoms with Crippen LogP contribution in [0.4, 0.5) is 5.82 Å². The molecule has 0 unspecified atom stereocenters. The Kier molecular flexibility index (Phi) is 3.85. The van der Waals surface area contributed by atoms with Crippen LogP contribution in [0, 0.1) is 11.3 Å². The summed E-state index contributed by atoms with van der Waals surface area (Å²) >= 11 is 0. The van der Waals surface area contributed by atoms with Gasteiger partial charge >= 0.3 is 0 Å². The third-order valence-corrected chi connectivity index (χ3v) is 4.65. The van der Waals surface area contributed by atoms with Gasteiger partial charge in [-0.3, -0.25) is 0 Å². The van der Waals surface area contributed by atoms with E-state index in [0.29, 0.717) is 0 Å². The van der Waals surface area contributed by atoms with Gasteiger partial charge in [-0.15, -0.1) is 0 Å². The second kappa shape index (κ2) is 5.81. The molecule has 0 radical (unpaired) electrons. The molecule has 3 rings (SSSR count). The highest BCUT2D eigenvalue weighted by atomic mass is 15.1. The van der Waals surface area contributed by atoms with Crippen molar-refractivity contribution in [3.8, 4) is 17.2 Å². The average Bonchev–Trinajstić information content (AvgIpc) is 3.05. The number of hydrogen-bond donors (Lipinski definition) is 0. The first-order chi connectivity index (χ1) is 10.6. The maximum atomic E-state index is 9.57. The maximum Gasteiger partial charge on any atom is 0.127 e. The highest BCUT2D eigenvalue weighted by Crippen LogP contribution is 2.40. The van der Waals surface area contributed by atoms with E-state index in [1.807, 2.05) is 31.3 Å². The number of hydrogen-bond acceptors (Lipinski definition) is 3. The number of anilines is 1. The summed E-state index contributed by atoms with van der Waals surface area (Å²) in [7, 11) is 3.97. The lowest BCUT2D eigenvalue weighted by Gasteiger charge is -2.21. The molecule has 3 nitrogen and oxygen atoms in total. The summed E-state index contributed by atoms with van der Waals surface area (Å²) in [4.78, 5) is 6.45. The van der Waals surface area contributed by atoms with Gasteiger partial charge in [0.15, 0.2) is 0 Å². The van der Waals surface area contributed by atoms with Crippen LogP contribution < -0.4 is 4.90 Å². The Balaban J connectivity index is 1.87. The van der Waals surface area contributed by atoms with Crippen molar-refractivity contribution < 1.29 is 0 Å². The highest BCUT2D eigenvalue weighted by molar-refractivity contribution is 5.64. The Bertz CT molecular complexity index is 672. The predicted octanol–water partition coefficient (Wildman–Crippen LogP) is 4.15. The molecule has 1 heterocycles. The van der Waals surface area contributed by atoms with Crippen LogP contribution in [0.5, 0.6) is 0 Å².